The fourth-order valence-electron chi connectivity index (χ4n) is 12.5. The molecule has 14 amide bonds. The summed E-state index contributed by atoms with van der Waals surface area (Å²) in [5, 5.41) is 61.7. The molecule has 0 aromatic heterocycles. The number of ether oxygens (including phenoxy) is 2. The van der Waals surface area contributed by atoms with E-state index >= 15 is 24.0 Å². The third-order valence-corrected chi connectivity index (χ3v) is 22.6. The van der Waals surface area contributed by atoms with Gasteiger partial charge in [-0.3, -0.25) is 67.1 Å². The Morgan fingerprint density at radius 1 is 0.607 bits per heavy atom. The quantitative estimate of drug-likeness (QED) is 0.0329. The number of carbonyl (C=O) groups excluding carboxylic acids is 15. The van der Waals surface area contributed by atoms with E-state index in [1.807, 2.05) is 6.92 Å². The van der Waals surface area contributed by atoms with E-state index in [-0.39, 0.29) is 81.3 Å². The van der Waals surface area contributed by atoms with E-state index in [4.69, 9.17) is 9.47 Å². The van der Waals surface area contributed by atoms with Crippen LogP contribution in [0.4, 0.5) is 0 Å². The fourth-order valence-corrected chi connectivity index (χ4v) is 14.9. The number of rotatable bonds is 20. The second kappa shape index (κ2) is 46.1. The van der Waals surface area contributed by atoms with Gasteiger partial charge in [0, 0.05) is 57.9 Å². The van der Waals surface area contributed by atoms with Gasteiger partial charge in [0.25, 0.3) is 5.91 Å². The summed E-state index contributed by atoms with van der Waals surface area (Å²) in [6.07, 6.45) is -5.17. The van der Waals surface area contributed by atoms with Crippen LogP contribution in [0.1, 0.15) is 145 Å². The smallest absolute Gasteiger partial charge is 0.331 e. The number of esters is 1. The van der Waals surface area contributed by atoms with Gasteiger partial charge in [0.1, 0.15) is 78.6 Å². The molecule has 620 valence electrons. The normalized spacial score (nSPS) is 27.6. The highest BCUT2D eigenvalue weighted by molar-refractivity contribution is 8.76. The lowest BCUT2D eigenvalue weighted by atomic mass is 9.97. The number of likely N-dealkylation sites (N-methyl/N-ethyl adjacent to an activating group) is 1. The molecule has 3 aliphatic rings. The number of amides is 14. The number of carbonyl (C=O) groups is 15. The summed E-state index contributed by atoms with van der Waals surface area (Å²) in [6, 6.07) is -3.94. The highest BCUT2D eigenvalue weighted by atomic mass is 33.1. The second-order valence-corrected chi connectivity index (χ2v) is 31.3. The number of hydrogen-bond acceptors (Lipinski definition) is 22. The third-order valence-electron chi connectivity index (χ3n) is 20.1. The molecule has 0 spiro atoms. The zero-order valence-corrected chi connectivity index (χ0v) is 67.4. The topological polar surface area (TPSA) is 486 Å². The van der Waals surface area contributed by atoms with Gasteiger partial charge in [-0.25, -0.2) is 4.79 Å². The maximum Gasteiger partial charge on any atom is 0.331 e. The van der Waals surface area contributed by atoms with E-state index in [1.165, 1.54) is 39.8 Å². The summed E-state index contributed by atoms with van der Waals surface area (Å²) in [5.41, 5.74) is 0.427. The lowest BCUT2D eigenvalue weighted by Crippen LogP contribution is -2.63. The number of nitrogens with zero attached hydrogens (tertiary/aromatic N) is 2. The Morgan fingerprint density at radius 3 is 1.72 bits per heavy atom. The van der Waals surface area contributed by atoms with Gasteiger partial charge in [0.15, 0.2) is 12.3 Å². The van der Waals surface area contributed by atoms with E-state index in [9.17, 15) is 63.3 Å². The molecule has 36 heteroatoms. The van der Waals surface area contributed by atoms with Crippen molar-refractivity contribution in [3.8, 4) is 0 Å². The van der Waals surface area contributed by atoms with Crippen LogP contribution in [0.5, 0.6) is 0 Å². The summed E-state index contributed by atoms with van der Waals surface area (Å²) in [5.74, 6) is -16.9. The lowest BCUT2D eigenvalue weighted by Gasteiger charge is -2.35. The van der Waals surface area contributed by atoms with Gasteiger partial charge in [-0.1, -0.05) is 157 Å². The number of nitrogens with one attached hydrogen (secondary N) is 12. The fraction of sp³-hybridized carbons (Fsp3) is 0.618. The Morgan fingerprint density at radius 2 is 1.15 bits per heavy atom. The van der Waals surface area contributed by atoms with Gasteiger partial charge in [0.2, 0.25) is 76.8 Å². The molecule has 3 saturated heterocycles. The number of fused-ring (bicyclic) bond motifs is 6. The minimum atomic E-state index is -2.04. The predicted octanol–water partition coefficient (Wildman–Crippen LogP) is -0.941. The lowest BCUT2D eigenvalue weighted by molar-refractivity contribution is -0.158. The Balaban J connectivity index is 1.80. The first-order chi connectivity index (χ1) is 53.1. The van der Waals surface area contributed by atoms with Gasteiger partial charge in [-0.2, -0.15) is 0 Å². The highest BCUT2D eigenvalue weighted by Gasteiger charge is 2.45. The molecule has 2 bridgehead atoms. The Hall–Kier alpha value is -9.23. The van der Waals surface area contributed by atoms with Crippen molar-refractivity contribution < 1.29 is 96.7 Å². The van der Waals surface area contributed by atoms with Crippen LogP contribution in [-0.4, -0.2) is 250 Å². The second-order valence-electron chi connectivity index (χ2n) is 28.8. The molecule has 0 aliphatic carbocycles. The van der Waals surface area contributed by atoms with E-state index in [0.29, 0.717) is 24.0 Å². The highest BCUT2D eigenvalue weighted by Crippen LogP contribution is 2.27. The molecular formula is C76H114N14O20S2. The zero-order chi connectivity index (χ0) is 83.2. The van der Waals surface area contributed by atoms with Crippen molar-refractivity contribution in [3.63, 3.8) is 0 Å². The monoisotopic (exact) mass is 1610 g/mol. The number of cyclic esters (lactones) is 1. The summed E-state index contributed by atoms with van der Waals surface area (Å²) < 4.78 is 11.5. The molecule has 112 heavy (non-hydrogen) atoms. The number of aliphatic hydroxyl groups excluding tert-OH is 2. The summed E-state index contributed by atoms with van der Waals surface area (Å²) in [4.78, 5) is 224. The molecular weight excluding hydrogens is 1490 g/mol. The van der Waals surface area contributed by atoms with E-state index in [2.05, 4.69) is 70.4 Å². The van der Waals surface area contributed by atoms with Crippen molar-refractivity contribution in [1.82, 2.24) is 73.6 Å². The molecule has 18 atom stereocenters. The van der Waals surface area contributed by atoms with Crippen LogP contribution in [0.15, 0.2) is 72.9 Å². The Kier molecular flexibility index (Phi) is 38.4. The minimum Gasteiger partial charge on any atom is -0.458 e. The Labute approximate surface area is 661 Å². The number of hydrogen-bond donors (Lipinski definition) is 15. The first-order valence-electron chi connectivity index (χ1n) is 38.0. The van der Waals surface area contributed by atoms with E-state index < -0.39 is 217 Å². The molecule has 0 radical (unpaired) electrons. The minimum absolute atomic E-state index is 0.00502. The molecule has 34 nitrogen and oxygen atoms in total. The number of methoxy groups -OCH3 is 1. The van der Waals surface area contributed by atoms with E-state index in [1.54, 1.807) is 102 Å². The van der Waals surface area contributed by atoms with Crippen LogP contribution in [0, 0.1) is 17.8 Å². The average Bonchev–Trinajstić information content (AvgIpc) is 1.43. The number of benzene rings is 2. The molecule has 2 aromatic rings. The predicted molar refractivity (Wildman–Crippen MR) is 415 cm³/mol. The third kappa shape index (κ3) is 28.1. The van der Waals surface area contributed by atoms with Crippen molar-refractivity contribution >= 4 is 110 Å². The summed E-state index contributed by atoms with van der Waals surface area (Å²) in [6.45, 7) is 18.5. The van der Waals surface area contributed by atoms with Crippen LogP contribution < -0.4 is 63.8 Å². The van der Waals surface area contributed by atoms with Crippen molar-refractivity contribution in [2.24, 2.45) is 17.8 Å². The summed E-state index contributed by atoms with van der Waals surface area (Å²) in [7, 11) is 4.27. The summed E-state index contributed by atoms with van der Waals surface area (Å²) >= 11 is 0. The molecule has 1 unspecified atom stereocenters. The van der Waals surface area contributed by atoms with Crippen LogP contribution in [0.3, 0.4) is 0 Å². The van der Waals surface area contributed by atoms with Gasteiger partial charge in [0.05, 0.1) is 18.4 Å². The van der Waals surface area contributed by atoms with E-state index in [0.717, 1.165) is 26.5 Å². The molecule has 2 aromatic carbocycles. The van der Waals surface area contributed by atoms with Gasteiger partial charge in [-0.15, -0.1) is 0 Å². The van der Waals surface area contributed by atoms with Crippen molar-refractivity contribution in [2.75, 3.05) is 38.8 Å². The molecule has 3 heterocycles. The average molecular weight is 1610 g/mol. The van der Waals surface area contributed by atoms with Gasteiger partial charge < -0.3 is 98.4 Å². The Bertz CT molecular complexity index is 3600. The first-order valence-corrected chi connectivity index (χ1v) is 40.5. The van der Waals surface area contributed by atoms with Crippen molar-refractivity contribution in [1.29, 1.82) is 0 Å². The molecule has 3 fully saturated rings. The van der Waals surface area contributed by atoms with Crippen LogP contribution in [0.25, 0.3) is 0 Å². The largest absolute Gasteiger partial charge is 0.458 e. The maximum absolute atomic E-state index is 15.5. The standard InChI is InChI=1S/C76H114N14O20S2/c1-14-40(5)33-50-66(98)80-49(17-4)74(106)89(12)62(46(11)109-13)73(105)85-54(37-91)76(108)110-45(10)61-72(104)84-53(36-48-27-22-19-23-28-48)75(107)90-32-24-29-57(90)70(102)86-56(69(101)87-60(42(7)16-3)71(103)78-44(9)64(96)81-50)39-112-111-38-55(79-58(92)30-31-59(93)94)68(100)83-52(35-47-25-20-18-21-26-47)65(97)77-43(8)63(95)82-51(67(99)88-61)34-41(6)15-2/h18-23,25-28,40-43,45-46,49-57,59-62,91,93-94H,9,14-17,24,29-39H2,1-8,10-13H3,(H,77,97)(H,78,103)(H,79,92)(H,80,98)(H,81,96)(H,82,95)(H,83,100)(H,84,104)(H,85,105)(H,86,102)(H,87,101)(H,88,99)/t40-,41+,42+,43-,45-,46-,49?,50+,51+,52-,53-,54+,55+,56+,57+,60+,61-,62+/m1/s1. The van der Waals surface area contributed by atoms with Gasteiger partial charge in [-0.05, 0) is 81.8 Å². The van der Waals surface area contributed by atoms with Crippen LogP contribution in [0.2, 0.25) is 0 Å². The van der Waals surface area contributed by atoms with Crippen LogP contribution in [-0.2, 0) is 94.2 Å². The van der Waals surface area contributed by atoms with Crippen molar-refractivity contribution in [2.45, 2.75) is 243 Å². The molecule has 5 rings (SSSR count). The number of aliphatic hydroxyl groups is 3. The molecule has 3 aliphatic heterocycles. The van der Waals surface area contributed by atoms with Gasteiger partial charge >= 0.3 is 5.97 Å². The first kappa shape index (κ1) is 93.4. The molecule has 0 saturated carbocycles. The SMILES string of the molecule is C=C1NC(=O)[C@H]([C@@H](C)CC)NC(=O)[C@@H]2CSSC[C@H](NC(=O)CCC(O)O)C(=O)N[C@H](Cc3ccccc3)C(=O)N[C@H](C)C(=O)N[C@@H](C[C@@H](C)CC)C(=O)N[C@@H](C(=O)N[C@H](Cc3ccccc3)C(=O)N3CCC[C@H]3C(=O)N2)[C@@H](C)OC(=O)[C@H](CO)NC(=O)[C@H]([C@@H](C)OC)N(C)C(=O)C(CC)NC(=O)[C@H](C[C@H](C)CC)NC1=O. The van der Waals surface area contributed by atoms with Crippen LogP contribution >= 0.6 is 21.6 Å². The van der Waals surface area contributed by atoms with Crippen molar-refractivity contribution in [3.05, 3.63) is 84.1 Å². The zero-order valence-electron chi connectivity index (χ0n) is 65.8. The maximum atomic E-state index is 15.5. The molecule has 15 N–H and O–H groups in total.